The van der Waals surface area contributed by atoms with Gasteiger partial charge in [-0.25, -0.2) is 9.78 Å². The van der Waals surface area contributed by atoms with Gasteiger partial charge in [0.2, 0.25) is 0 Å². The van der Waals surface area contributed by atoms with E-state index in [0.717, 1.165) is 45.4 Å². The minimum atomic E-state index is -1.19. The topological polar surface area (TPSA) is 67.4 Å². The maximum Gasteiger partial charge on any atom is 0.358 e. The smallest absolute Gasteiger partial charge is 0.358 e. The van der Waals surface area contributed by atoms with Crippen molar-refractivity contribution in [3.05, 3.63) is 88.4 Å². The molecular formula is C28H29N3O3. The van der Waals surface area contributed by atoms with Crippen molar-refractivity contribution in [2.75, 3.05) is 25.6 Å². The highest BCUT2D eigenvalue weighted by atomic mass is 16.6. The number of benzene rings is 2. The summed E-state index contributed by atoms with van der Waals surface area (Å²) in [5.41, 5.74) is 5.74. The number of hydrogen-bond donors (Lipinski definition) is 1. The Morgan fingerprint density at radius 3 is 2.65 bits per heavy atom. The number of aryl methyl sites for hydroxylation is 2. The zero-order valence-corrected chi connectivity index (χ0v) is 20.2. The van der Waals surface area contributed by atoms with Crippen molar-refractivity contribution in [2.45, 2.75) is 32.8 Å². The fourth-order valence-corrected chi connectivity index (χ4v) is 5.16. The lowest BCUT2D eigenvalue weighted by molar-refractivity contribution is 0.0244. The molecule has 6 nitrogen and oxygen atoms in total. The molecule has 1 aliphatic rings. The summed E-state index contributed by atoms with van der Waals surface area (Å²) >= 11 is 0. The molecule has 0 fully saturated rings. The van der Waals surface area contributed by atoms with Crippen LogP contribution in [0.1, 0.15) is 52.3 Å². The number of carbonyl (C=O) groups is 1. The van der Waals surface area contributed by atoms with Crippen molar-refractivity contribution in [3.63, 3.8) is 0 Å². The van der Waals surface area contributed by atoms with Crippen molar-refractivity contribution in [3.8, 4) is 5.75 Å². The molecule has 0 aliphatic carbocycles. The van der Waals surface area contributed by atoms with Crippen LogP contribution in [0.15, 0.2) is 54.7 Å². The van der Waals surface area contributed by atoms with Crippen LogP contribution in [0.3, 0.4) is 0 Å². The highest BCUT2D eigenvalue weighted by Gasteiger charge is 2.53. The van der Waals surface area contributed by atoms with Crippen LogP contribution >= 0.6 is 0 Å². The normalized spacial score (nSPS) is 17.0. The van der Waals surface area contributed by atoms with Crippen molar-refractivity contribution >= 4 is 22.6 Å². The molecule has 0 amide bonds. The molecule has 0 radical (unpaired) electrons. The van der Waals surface area contributed by atoms with Crippen LogP contribution in [0, 0.1) is 6.92 Å². The van der Waals surface area contributed by atoms with Gasteiger partial charge < -0.3 is 19.4 Å². The van der Waals surface area contributed by atoms with Crippen LogP contribution in [-0.4, -0.2) is 36.6 Å². The number of aromatic nitrogens is 2. The molecule has 34 heavy (non-hydrogen) atoms. The Morgan fingerprint density at radius 1 is 1.09 bits per heavy atom. The van der Waals surface area contributed by atoms with Gasteiger partial charge in [-0.1, -0.05) is 25.1 Å². The van der Waals surface area contributed by atoms with Gasteiger partial charge in [0.05, 0.1) is 6.61 Å². The number of H-pyrrole nitrogens is 1. The molecule has 2 aromatic carbocycles. The SMILES string of the molecule is CCOc1cc(N(C)C)ccc1C1(c2c(C)[nH]c3cccc(CC)c23)OC(=O)c2ncccc21. The van der Waals surface area contributed by atoms with E-state index in [0.29, 0.717) is 18.1 Å². The zero-order chi connectivity index (χ0) is 24.0. The highest BCUT2D eigenvalue weighted by Crippen LogP contribution is 2.53. The number of aromatic amines is 1. The Kier molecular flexibility index (Phi) is 5.31. The lowest BCUT2D eigenvalue weighted by Gasteiger charge is -2.32. The van der Waals surface area contributed by atoms with Gasteiger partial charge in [-0.3, -0.25) is 0 Å². The van der Waals surface area contributed by atoms with E-state index in [1.54, 1.807) is 6.20 Å². The number of pyridine rings is 1. The minimum Gasteiger partial charge on any atom is -0.493 e. The summed E-state index contributed by atoms with van der Waals surface area (Å²) in [7, 11) is 3.99. The molecule has 5 rings (SSSR count). The van der Waals surface area contributed by atoms with Crippen LogP contribution in [0.4, 0.5) is 5.69 Å². The fraction of sp³-hybridized carbons (Fsp3) is 0.286. The standard InChI is InChI=1S/C28H29N3O3/c1-6-18-10-8-12-22-24(18)25(17(3)30-22)28(21-11-9-15-29-26(21)27(32)34-28)20-14-13-19(31(4)5)16-23(20)33-7-2/h8-16,30H,6-7H2,1-5H3. The number of carbonyl (C=O) groups excluding carboxylic acids is 1. The molecule has 174 valence electrons. The van der Waals surface area contributed by atoms with Crippen LogP contribution in [-0.2, 0) is 16.8 Å². The average molecular weight is 456 g/mol. The molecule has 0 saturated carbocycles. The number of rotatable bonds is 6. The Hall–Kier alpha value is -3.80. The third kappa shape index (κ3) is 3.09. The first kappa shape index (κ1) is 22.0. The van der Waals surface area contributed by atoms with Crippen LogP contribution in [0.25, 0.3) is 10.9 Å². The predicted octanol–water partition coefficient (Wildman–Crippen LogP) is 5.36. The van der Waals surface area contributed by atoms with Crippen molar-refractivity contribution in [2.24, 2.45) is 0 Å². The number of cyclic esters (lactones) is 1. The second-order valence-corrected chi connectivity index (χ2v) is 8.80. The Bertz CT molecular complexity index is 1410. The van der Waals surface area contributed by atoms with E-state index in [2.05, 4.69) is 35.1 Å². The van der Waals surface area contributed by atoms with E-state index in [4.69, 9.17) is 9.47 Å². The number of anilines is 1. The van der Waals surface area contributed by atoms with Gasteiger partial charge >= 0.3 is 5.97 Å². The van der Waals surface area contributed by atoms with Crippen LogP contribution in [0.2, 0.25) is 0 Å². The van der Waals surface area contributed by atoms with E-state index in [1.807, 2.05) is 63.2 Å². The molecule has 0 saturated heterocycles. The van der Waals surface area contributed by atoms with Gasteiger partial charge in [-0.2, -0.15) is 0 Å². The molecule has 1 aliphatic heterocycles. The van der Waals surface area contributed by atoms with Crippen molar-refractivity contribution in [1.82, 2.24) is 9.97 Å². The molecule has 4 aromatic rings. The van der Waals surface area contributed by atoms with E-state index >= 15 is 0 Å². The summed E-state index contributed by atoms with van der Waals surface area (Å²) in [6.07, 6.45) is 2.48. The monoisotopic (exact) mass is 455 g/mol. The lowest BCUT2D eigenvalue weighted by atomic mass is 9.78. The largest absolute Gasteiger partial charge is 0.493 e. The number of nitrogens with zero attached hydrogens (tertiary/aromatic N) is 2. The molecular weight excluding hydrogens is 426 g/mol. The number of nitrogens with one attached hydrogen (secondary N) is 1. The van der Waals surface area contributed by atoms with E-state index < -0.39 is 11.6 Å². The summed E-state index contributed by atoms with van der Waals surface area (Å²) < 4.78 is 12.6. The van der Waals surface area contributed by atoms with Crippen molar-refractivity contribution < 1.29 is 14.3 Å². The molecule has 3 heterocycles. The zero-order valence-electron chi connectivity index (χ0n) is 20.2. The highest BCUT2D eigenvalue weighted by molar-refractivity contribution is 5.98. The van der Waals surface area contributed by atoms with E-state index in [9.17, 15) is 4.79 Å². The van der Waals surface area contributed by atoms with E-state index in [-0.39, 0.29) is 0 Å². The first-order chi connectivity index (χ1) is 16.4. The number of fused-ring (bicyclic) bond motifs is 2. The third-order valence-corrected chi connectivity index (χ3v) is 6.62. The number of ether oxygens (including phenoxy) is 2. The Morgan fingerprint density at radius 2 is 1.91 bits per heavy atom. The molecule has 0 bridgehead atoms. The minimum absolute atomic E-state index is 0.337. The maximum atomic E-state index is 13.3. The van der Waals surface area contributed by atoms with Gasteiger partial charge in [-0.15, -0.1) is 0 Å². The van der Waals surface area contributed by atoms with Gasteiger partial charge in [0.25, 0.3) is 0 Å². The van der Waals surface area contributed by atoms with Gasteiger partial charge in [-0.05, 0) is 50.1 Å². The van der Waals surface area contributed by atoms with Gasteiger partial charge in [0.1, 0.15) is 5.75 Å². The lowest BCUT2D eigenvalue weighted by Crippen LogP contribution is -2.31. The number of esters is 1. The predicted molar refractivity (Wildman–Crippen MR) is 134 cm³/mol. The Labute approximate surface area is 199 Å². The quantitative estimate of drug-likeness (QED) is 0.397. The fourth-order valence-electron chi connectivity index (χ4n) is 5.16. The first-order valence-electron chi connectivity index (χ1n) is 11.7. The summed E-state index contributed by atoms with van der Waals surface area (Å²) in [5, 5.41) is 1.08. The first-order valence-corrected chi connectivity index (χ1v) is 11.7. The second-order valence-electron chi connectivity index (χ2n) is 8.80. The van der Waals surface area contributed by atoms with Gasteiger partial charge in [0, 0.05) is 65.3 Å². The van der Waals surface area contributed by atoms with E-state index in [1.165, 1.54) is 5.56 Å². The Balaban J connectivity index is 1.94. The molecule has 2 aromatic heterocycles. The second kappa shape index (κ2) is 8.20. The maximum absolute atomic E-state index is 13.3. The molecule has 1 atom stereocenters. The van der Waals surface area contributed by atoms with Gasteiger partial charge in [0.15, 0.2) is 11.3 Å². The summed E-state index contributed by atoms with van der Waals surface area (Å²) in [4.78, 5) is 23.2. The molecule has 0 spiro atoms. The van der Waals surface area contributed by atoms with Crippen LogP contribution in [0.5, 0.6) is 5.75 Å². The third-order valence-electron chi connectivity index (χ3n) is 6.62. The summed E-state index contributed by atoms with van der Waals surface area (Å²) in [5.74, 6) is 0.249. The average Bonchev–Trinajstić information content (AvgIpc) is 3.33. The molecule has 1 unspecified atom stereocenters. The van der Waals surface area contributed by atoms with Crippen molar-refractivity contribution in [1.29, 1.82) is 0 Å². The summed E-state index contributed by atoms with van der Waals surface area (Å²) in [6.45, 7) is 6.62. The van der Waals surface area contributed by atoms with Crippen LogP contribution < -0.4 is 9.64 Å². The number of hydrogen-bond acceptors (Lipinski definition) is 5. The molecule has 1 N–H and O–H groups in total. The summed E-state index contributed by atoms with van der Waals surface area (Å²) in [6, 6.07) is 16.1. The molecule has 6 heteroatoms.